The zero-order valence-corrected chi connectivity index (χ0v) is 18.3. The van der Waals surface area contributed by atoms with Crippen LogP contribution in [-0.4, -0.2) is 27.3 Å². The van der Waals surface area contributed by atoms with Crippen LogP contribution >= 0.6 is 11.8 Å². The molecule has 1 N–H and O–H groups in total. The van der Waals surface area contributed by atoms with Gasteiger partial charge in [0.15, 0.2) is 5.16 Å². The molecule has 1 amide bonds. The van der Waals surface area contributed by atoms with Gasteiger partial charge in [0.2, 0.25) is 5.91 Å². The molecule has 1 atom stereocenters. The number of carbonyl (C=O) groups excluding carboxylic acids is 1. The summed E-state index contributed by atoms with van der Waals surface area (Å²) < 4.78 is 1.58. The molecule has 0 fully saturated rings. The lowest BCUT2D eigenvalue weighted by Gasteiger charge is -2.18. The Morgan fingerprint density at radius 3 is 2.54 bits per heavy atom. The van der Waals surface area contributed by atoms with Crippen molar-refractivity contribution >= 4 is 17.7 Å². The molecule has 152 valence electrons. The quantitative estimate of drug-likeness (QED) is 0.514. The molecule has 28 heavy (non-hydrogen) atoms. The maximum atomic E-state index is 12.9. The maximum absolute atomic E-state index is 12.9. The molecule has 1 aromatic heterocycles. The van der Waals surface area contributed by atoms with Gasteiger partial charge in [-0.05, 0) is 24.8 Å². The van der Waals surface area contributed by atoms with Crippen LogP contribution in [0.2, 0.25) is 0 Å². The second-order valence-electron chi connectivity index (χ2n) is 7.52. The van der Waals surface area contributed by atoms with E-state index in [4.69, 9.17) is 0 Å². The van der Waals surface area contributed by atoms with E-state index in [9.17, 15) is 9.59 Å². The Balaban J connectivity index is 2.25. The molecular weight excluding hydrogens is 370 g/mol. The first-order valence-corrected chi connectivity index (χ1v) is 10.8. The fourth-order valence-electron chi connectivity index (χ4n) is 2.89. The second-order valence-corrected chi connectivity index (χ2v) is 8.69. The highest BCUT2D eigenvalue weighted by Gasteiger charge is 2.22. The predicted molar refractivity (Wildman–Crippen MR) is 116 cm³/mol. The Kier molecular flexibility index (Phi) is 8.30. The van der Waals surface area contributed by atoms with Gasteiger partial charge in [0.05, 0.1) is 5.25 Å². The summed E-state index contributed by atoms with van der Waals surface area (Å²) in [5, 5.41) is 3.35. The van der Waals surface area contributed by atoms with Gasteiger partial charge in [-0.2, -0.15) is 0 Å². The van der Waals surface area contributed by atoms with Crippen molar-refractivity contribution in [1.29, 1.82) is 0 Å². The number of thioether (sulfide) groups is 1. The minimum Gasteiger partial charge on any atom is -0.355 e. The van der Waals surface area contributed by atoms with Gasteiger partial charge in [-0.15, -0.1) is 0 Å². The molecule has 0 radical (unpaired) electrons. The van der Waals surface area contributed by atoms with E-state index in [2.05, 4.69) is 31.1 Å². The molecule has 1 unspecified atom stereocenters. The summed E-state index contributed by atoms with van der Waals surface area (Å²) in [6.45, 7) is 8.73. The summed E-state index contributed by atoms with van der Waals surface area (Å²) in [6.07, 6.45) is 2.20. The van der Waals surface area contributed by atoms with Gasteiger partial charge < -0.3 is 5.32 Å². The Bertz CT molecular complexity index is 847. The second kappa shape index (κ2) is 10.5. The van der Waals surface area contributed by atoms with E-state index in [-0.39, 0.29) is 16.7 Å². The first-order valence-electron chi connectivity index (χ1n) is 9.88. The summed E-state index contributed by atoms with van der Waals surface area (Å²) in [4.78, 5) is 30.2. The van der Waals surface area contributed by atoms with Crippen molar-refractivity contribution in [2.45, 2.75) is 57.4 Å². The standard InChI is InChI=1S/C22H31N3O2S/c1-6-10-19(20(26)23-14-15(2)3)28-22-24-16(4)18(21(27)25(22)5)13-17-11-8-7-9-12-17/h7-9,11-12,15,19H,6,10,13-14H2,1-5H3,(H,23,26). The van der Waals surface area contributed by atoms with Crippen LogP contribution in [0.15, 0.2) is 40.3 Å². The summed E-state index contributed by atoms with van der Waals surface area (Å²) >= 11 is 1.38. The number of aromatic nitrogens is 2. The highest BCUT2D eigenvalue weighted by atomic mass is 32.2. The molecule has 0 bridgehead atoms. The Morgan fingerprint density at radius 2 is 1.93 bits per heavy atom. The topological polar surface area (TPSA) is 64.0 Å². The third-order valence-electron chi connectivity index (χ3n) is 4.55. The van der Waals surface area contributed by atoms with Gasteiger partial charge in [0.1, 0.15) is 0 Å². The minimum absolute atomic E-state index is 0.0146. The van der Waals surface area contributed by atoms with Gasteiger partial charge in [-0.3, -0.25) is 14.2 Å². The number of nitrogens with zero attached hydrogens (tertiary/aromatic N) is 2. The van der Waals surface area contributed by atoms with Crippen LogP contribution < -0.4 is 10.9 Å². The monoisotopic (exact) mass is 401 g/mol. The van der Waals surface area contributed by atoms with Crippen LogP contribution in [0.4, 0.5) is 0 Å². The number of hydrogen-bond donors (Lipinski definition) is 1. The Hall–Kier alpha value is -2.08. The molecule has 0 spiro atoms. The van der Waals surface area contributed by atoms with Gasteiger partial charge in [0.25, 0.3) is 5.56 Å². The molecule has 0 aliphatic heterocycles. The number of nitrogens with one attached hydrogen (secondary N) is 1. The largest absolute Gasteiger partial charge is 0.355 e. The van der Waals surface area contributed by atoms with Crippen molar-refractivity contribution in [3.8, 4) is 0 Å². The maximum Gasteiger partial charge on any atom is 0.257 e. The molecule has 0 aliphatic carbocycles. The van der Waals surface area contributed by atoms with Gasteiger partial charge in [-0.25, -0.2) is 4.98 Å². The lowest BCUT2D eigenvalue weighted by atomic mass is 10.1. The van der Waals surface area contributed by atoms with E-state index in [1.165, 1.54) is 11.8 Å². The van der Waals surface area contributed by atoms with Crippen LogP contribution in [0, 0.1) is 12.8 Å². The highest BCUT2D eigenvalue weighted by Crippen LogP contribution is 2.25. The fraction of sp³-hybridized carbons (Fsp3) is 0.500. The van der Waals surface area contributed by atoms with Gasteiger partial charge in [-0.1, -0.05) is 69.3 Å². The third-order valence-corrected chi connectivity index (χ3v) is 5.86. The molecule has 2 aromatic rings. The molecule has 6 heteroatoms. The molecule has 5 nitrogen and oxygen atoms in total. The summed E-state index contributed by atoms with van der Waals surface area (Å²) in [5.41, 5.74) is 2.47. The summed E-state index contributed by atoms with van der Waals surface area (Å²) in [5.74, 6) is 0.416. The van der Waals surface area contributed by atoms with Gasteiger partial charge in [0, 0.05) is 31.3 Å². The Labute approximate surface area is 172 Å². The highest BCUT2D eigenvalue weighted by molar-refractivity contribution is 8.00. The number of hydrogen-bond acceptors (Lipinski definition) is 4. The molecule has 1 heterocycles. The minimum atomic E-state index is -0.249. The predicted octanol–water partition coefficient (Wildman–Crippen LogP) is 3.71. The number of aryl methyl sites for hydroxylation is 1. The van der Waals surface area contributed by atoms with Gasteiger partial charge >= 0.3 is 0 Å². The van der Waals surface area contributed by atoms with Crippen LogP contribution in [0.5, 0.6) is 0 Å². The van der Waals surface area contributed by atoms with E-state index < -0.39 is 0 Å². The Morgan fingerprint density at radius 1 is 1.25 bits per heavy atom. The lowest BCUT2D eigenvalue weighted by Crippen LogP contribution is -2.36. The molecule has 0 saturated carbocycles. The molecule has 1 aromatic carbocycles. The fourth-order valence-corrected chi connectivity index (χ4v) is 4.12. The lowest BCUT2D eigenvalue weighted by molar-refractivity contribution is -0.120. The van der Waals surface area contributed by atoms with E-state index in [0.717, 1.165) is 24.1 Å². The average Bonchev–Trinajstić information content (AvgIpc) is 2.67. The number of rotatable bonds is 9. The van der Waals surface area contributed by atoms with E-state index in [1.807, 2.05) is 37.3 Å². The van der Waals surface area contributed by atoms with Crippen LogP contribution in [0.1, 0.15) is 50.4 Å². The number of amides is 1. The van der Waals surface area contributed by atoms with Crippen LogP contribution in [-0.2, 0) is 18.3 Å². The van der Waals surface area contributed by atoms with E-state index in [0.29, 0.717) is 29.6 Å². The van der Waals surface area contributed by atoms with Crippen molar-refractivity contribution in [3.05, 3.63) is 57.5 Å². The normalized spacial score (nSPS) is 12.2. The van der Waals surface area contributed by atoms with Crippen molar-refractivity contribution in [1.82, 2.24) is 14.9 Å². The molecule has 0 aliphatic rings. The van der Waals surface area contributed by atoms with Crippen molar-refractivity contribution < 1.29 is 4.79 Å². The zero-order chi connectivity index (χ0) is 20.7. The average molecular weight is 402 g/mol. The SMILES string of the molecule is CCCC(Sc1nc(C)c(Cc2ccccc2)c(=O)n1C)C(=O)NCC(C)C. The van der Waals surface area contributed by atoms with Crippen LogP contribution in [0.25, 0.3) is 0 Å². The summed E-state index contributed by atoms with van der Waals surface area (Å²) in [7, 11) is 1.74. The van der Waals surface area contributed by atoms with Crippen LogP contribution in [0.3, 0.4) is 0 Å². The van der Waals surface area contributed by atoms with Crippen molar-refractivity contribution in [2.75, 3.05) is 6.54 Å². The molecular formula is C22H31N3O2S. The summed E-state index contributed by atoms with van der Waals surface area (Å²) in [6, 6.07) is 9.93. The zero-order valence-electron chi connectivity index (χ0n) is 17.5. The molecule has 0 saturated heterocycles. The van der Waals surface area contributed by atoms with Crippen molar-refractivity contribution in [3.63, 3.8) is 0 Å². The smallest absolute Gasteiger partial charge is 0.257 e. The van der Waals surface area contributed by atoms with E-state index in [1.54, 1.807) is 11.6 Å². The number of benzene rings is 1. The third kappa shape index (κ3) is 5.96. The van der Waals surface area contributed by atoms with Crippen molar-refractivity contribution in [2.24, 2.45) is 13.0 Å². The number of carbonyl (C=O) groups is 1. The first kappa shape index (κ1) is 22.2. The molecule has 2 rings (SSSR count). The van der Waals surface area contributed by atoms with E-state index >= 15 is 0 Å². The first-order chi connectivity index (χ1) is 13.3.